The van der Waals surface area contributed by atoms with Crippen LogP contribution in [0.5, 0.6) is 0 Å². The van der Waals surface area contributed by atoms with Crippen LogP contribution in [0.2, 0.25) is 0 Å². The van der Waals surface area contributed by atoms with Gasteiger partial charge >= 0.3 is 0 Å². The van der Waals surface area contributed by atoms with Crippen molar-refractivity contribution in [3.8, 4) is 11.3 Å². The van der Waals surface area contributed by atoms with E-state index < -0.39 is 5.60 Å². The summed E-state index contributed by atoms with van der Waals surface area (Å²) in [6.45, 7) is 1.03. The summed E-state index contributed by atoms with van der Waals surface area (Å²) in [6.07, 6.45) is 6.46. The molecule has 28 heavy (non-hydrogen) atoms. The minimum Gasteiger partial charge on any atom is -0.389 e. The van der Waals surface area contributed by atoms with E-state index in [0.717, 1.165) is 17.0 Å². The lowest BCUT2D eigenvalue weighted by atomic mass is 9.86. The Morgan fingerprint density at radius 1 is 1.00 bits per heavy atom. The molecule has 1 aromatic carbocycles. The van der Waals surface area contributed by atoms with Gasteiger partial charge in [0.1, 0.15) is 6.33 Å². The molecule has 2 aromatic heterocycles. The van der Waals surface area contributed by atoms with Gasteiger partial charge in [-0.05, 0) is 37.1 Å². The lowest BCUT2D eigenvalue weighted by Gasteiger charge is -2.38. The van der Waals surface area contributed by atoms with Crippen LogP contribution in [0.25, 0.3) is 11.3 Å². The molecule has 1 amide bonds. The largest absolute Gasteiger partial charge is 0.389 e. The molecular weight excluding hydrogens is 352 g/mol. The summed E-state index contributed by atoms with van der Waals surface area (Å²) in [4.78, 5) is 27.5. The molecule has 3 heterocycles. The lowest BCUT2D eigenvalue weighted by molar-refractivity contribution is -0.0168. The first-order valence-corrected chi connectivity index (χ1v) is 9.42. The van der Waals surface area contributed by atoms with E-state index in [4.69, 9.17) is 0 Å². The molecule has 1 saturated heterocycles. The van der Waals surface area contributed by atoms with Crippen LogP contribution in [0.4, 0.5) is 0 Å². The van der Waals surface area contributed by atoms with Gasteiger partial charge in [0.15, 0.2) is 0 Å². The van der Waals surface area contributed by atoms with Crippen molar-refractivity contribution in [3.05, 3.63) is 78.5 Å². The molecule has 142 valence electrons. The maximum Gasteiger partial charge on any atom is 0.254 e. The van der Waals surface area contributed by atoms with Crippen LogP contribution in [0, 0.1) is 0 Å². The number of likely N-dealkylation sites (tertiary alicyclic amines) is 1. The first-order chi connectivity index (χ1) is 13.6. The molecule has 0 unspecified atom stereocenters. The van der Waals surface area contributed by atoms with Crippen molar-refractivity contribution in [2.45, 2.75) is 24.9 Å². The highest BCUT2D eigenvalue weighted by Crippen LogP contribution is 2.28. The Bertz CT molecular complexity index is 939. The van der Waals surface area contributed by atoms with E-state index in [2.05, 4.69) is 15.0 Å². The Morgan fingerprint density at radius 3 is 2.50 bits per heavy atom. The van der Waals surface area contributed by atoms with Gasteiger partial charge in [0.25, 0.3) is 5.91 Å². The molecule has 1 N–H and O–H groups in total. The number of aromatic nitrogens is 3. The third kappa shape index (κ3) is 3.92. The second-order valence-electron chi connectivity index (χ2n) is 7.15. The highest BCUT2D eigenvalue weighted by molar-refractivity contribution is 6.00. The van der Waals surface area contributed by atoms with Gasteiger partial charge in [-0.15, -0.1) is 0 Å². The van der Waals surface area contributed by atoms with Crippen molar-refractivity contribution < 1.29 is 9.90 Å². The number of aliphatic hydroxyl groups is 1. The summed E-state index contributed by atoms with van der Waals surface area (Å²) < 4.78 is 0. The molecule has 3 aromatic rings. The number of carbonyl (C=O) groups is 1. The molecule has 1 aliphatic heterocycles. The van der Waals surface area contributed by atoms with Gasteiger partial charge in [0, 0.05) is 48.7 Å². The van der Waals surface area contributed by atoms with E-state index >= 15 is 0 Å². The molecule has 0 spiro atoms. The van der Waals surface area contributed by atoms with Crippen LogP contribution < -0.4 is 0 Å². The van der Waals surface area contributed by atoms with Crippen molar-refractivity contribution in [1.29, 1.82) is 0 Å². The zero-order valence-electron chi connectivity index (χ0n) is 15.5. The number of hydrogen-bond acceptors (Lipinski definition) is 5. The first kappa shape index (κ1) is 18.3. The summed E-state index contributed by atoms with van der Waals surface area (Å²) >= 11 is 0. The van der Waals surface area contributed by atoms with Crippen LogP contribution in [-0.2, 0) is 6.42 Å². The van der Waals surface area contributed by atoms with Crippen molar-refractivity contribution in [2.24, 2.45) is 0 Å². The second kappa shape index (κ2) is 7.86. The van der Waals surface area contributed by atoms with Gasteiger partial charge in [-0.25, -0.2) is 9.97 Å². The van der Waals surface area contributed by atoms with Crippen molar-refractivity contribution in [3.63, 3.8) is 0 Å². The Balaban J connectivity index is 1.48. The number of rotatable bonds is 4. The van der Waals surface area contributed by atoms with Crippen molar-refractivity contribution in [2.75, 3.05) is 13.1 Å². The minimum atomic E-state index is -0.822. The van der Waals surface area contributed by atoms with Crippen molar-refractivity contribution in [1.82, 2.24) is 19.9 Å². The average Bonchev–Trinajstić information content (AvgIpc) is 2.75. The molecule has 1 fully saturated rings. The molecule has 0 aliphatic carbocycles. The second-order valence-corrected chi connectivity index (χ2v) is 7.15. The highest BCUT2D eigenvalue weighted by Gasteiger charge is 2.35. The fraction of sp³-hybridized carbons (Fsp3) is 0.273. The van der Waals surface area contributed by atoms with Gasteiger partial charge in [-0.2, -0.15) is 0 Å². The maximum absolute atomic E-state index is 13.2. The van der Waals surface area contributed by atoms with Crippen LogP contribution in [0.3, 0.4) is 0 Å². The van der Waals surface area contributed by atoms with Crippen LogP contribution in [0.15, 0.2) is 67.3 Å². The molecular formula is C22H22N4O2. The van der Waals surface area contributed by atoms with E-state index in [1.54, 1.807) is 18.5 Å². The van der Waals surface area contributed by atoms with E-state index in [1.165, 1.54) is 6.33 Å². The predicted molar refractivity (Wildman–Crippen MR) is 105 cm³/mol. The van der Waals surface area contributed by atoms with Gasteiger partial charge in [-0.3, -0.25) is 9.78 Å². The average molecular weight is 374 g/mol. The fourth-order valence-electron chi connectivity index (χ4n) is 3.66. The number of nitrogens with zero attached hydrogens (tertiary/aromatic N) is 4. The Kier molecular flexibility index (Phi) is 5.12. The first-order valence-electron chi connectivity index (χ1n) is 9.42. The number of piperidine rings is 1. The Morgan fingerprint density at radius 2 is 1.79 bits per heavy atom. The number of amides is 1. The van der Waals surface area contributed by atoms with Gasteiger partial charge in [-0.1, -0.05) is 24.3 Å². The molecule has 0 radical (unpaired) electrons. The summed E-state index contributed by atoms with van der Waals surface area (Å²) in [7, 11) is 0. The summed E-state index contributed by atoms with van der Waals surface area (Å²) in [5.41, 5.74) is 2.19. The summed E-state index contributed by atoms with van der Waals surface area (Å²) in [5, 5.41) is 10.9. The smallest absolute Gasteiger partial charge is 0.254 e. The van der Waals surface area contributed by atoms with E-state index in [9.17, 15) is 9.90 Å². The van der Waals surface area contributed by atoms with Gasteiger partial charge in [0.2, 0.25) is 0 Å². The minimum absolute atomic E-state index is 0.0332. The normalized spacial score (nSPS) is 16.0. The number of hydrogen-bond donors (Lipinski definition) is 1. The topological polar surface area (TPSA) is 79.2 Å². The standard InChI is InChI=1S/C22H22N4O2/c27-21(19-7-2-1-6-18(19)20-8-12-23-16-25-20)26-13-9-22(28,10-14-26)15-17-5-3-4-11-24-17/h1-8,11-12,16,28H,9-10,13-15H2. The fourth-order valence-corrected chi connectivity index (χ4v) is 3.66. The van der Waals surface area contributed by atoms with Gasteiger partial charge in [0.05, 0.1) is 11.3 Å². The Labute approximate surface area is 163 Å². The SMILES string of the molecule is O=C(c1ccccc1-c1ccncn1)N1CCC(O)(Cc2ccccn2)CC1. The summed E-state index contributed by atoms with van der Waals surface area (Å²) in [5.74, 6) is -0.0332. The zero-order chi connectivity index (χ0) is 19.4. The molecule has 4 rings (SSSR count). The van der Waals surface area contributed by atoms with Crippen LogP contribution >= 0.6 is 0 Å². The predicted octanol–water partition coefficient (Wildman–Crippen LogP) is 2.75. The van der Waals surface area contributed by atoms with Gasteiger partial charge < -0.3 is 10.0 Å². The zero-order valence-corrected chi connectivity index (χ0v) is 15.5. The molecule has 1 aliphatic rings. The maximum atomic E-state index is 13.2. The monoisotopic (exact) mass is 374 g/mol. The highest BCUT2D eigenvalue weighted by atomic mass is 16.3. The van der Waals surface area contributed by atoms with Crippen molar-refractivity contribution >= 4 is 5.91 Å². The van der Waals surface area contributed by atoms with E-state index in [1.807, 2.05) is 47.4 Å². The van der Waals surface area contributed by atoms with Crippen LogP contribution in [-0.4, -0.2) is 49.6 Å². The summed E-state index contributed by atoms with van der Waals surface area (Å²) in [6, 6.07) is 15.0. The third-order valence-corrected chi connectivity index (χ3v) is 5.23. The molecule has 6 nitrogen and oxygen atoms in total. The third-order valence-electron chi connectivity index (χ3n) is 5.23. The number of carbonyl (C=O) groups excluding carboxylic acids is 1. The van der Waals surface area contributed by atoms with E-state index in [-0.39, 0.29) is 5.91 Å². The molecule has 6 heteroatoms. The number of pyridine rings is 1. The molecule has 0 saturated carbocycles. The lowest BCUT2D eigenvalue weighted by Crippen LogP contribution is -2.48. The Hall–Kier alpha value is -3.12. The number of benzene rings is 1. The molecule has 0 atom stereocenters. The van der Waals surface area contributed by atoms with Crippen LogP contribution in [0.1, 0.15) is 28.9 Å². The quantitative estimate of drug-likeness (QED) is 0.760. The molecule has 0 bridgehead atoms. The van der Waals surface area contributed by atoms with E-state index in [0.29, 0.717) is 37.9 Å².